The molecule has 0 aliphatic carbocycles. The molecule has 0 bridgehead atoms. The molecule has 0 nitrogen and oxygen atoms in total. The molecule has 0 heterocycles. The number of unbranched alkanes of at least 4 members (excludes halogenated alkanes) is 1. The van der Waals surface area contributed by atoms with Gasteiger partial charge in [-0.05, 0) is 17.8 Å². The molecule has 0 aromatic carbocycles. The first-order valence-corrected chi connectivity index (χ1v) is 7.02. The lowest BCUT2D eigenvalue weighted by molar-refractivity contribution is 0.411. The highest BCUT2D eigenvalue weighted by Gasteiger charge is 2.03. The standard InChI is InChI=1S/C15H32/c1-13(2)9-6-7-11-15(5)12-8-10-14(3)4/h13-15H,6-12H2,1-5H3/t15-/m1/s1. The summed E-state index contributed by atoms with van der Waals surface area (Å²) in [4.78, 5) is 0. The van der Waals surface area contributed by atoms with Gasteiger partial charge < -0.3 is 0 Å². The summed E-state index contributed by atoms with van der Waals surface area (Å²) in [5, 5.41) is 0. The molecule has 0 aliphatic heterocycles. The van der Waals surface area contributed by atoms with Crippen LogP contribution in [0.4, 0.5) is 0 Å². The first kappa shape index (κ1) is 15.0. The van der Waals surface area contributed by atoms with E-state index in [1.807, 2.05) is 0 Å². The van der Waals surface area contributed by atoms with Crippen LogP contribution < -0.4 is 0 Å². The Kier molecular flexibility index (Phi) is 9.24. The zero-order valence-corrected chi connectivity index (χ0v) is 11.7. The van der Waals surface area contributed by atoms with Crippen LogP contribution in [0.1, 0.15) is 79.6 Å². The van der Waals surface area contributed by atoms with E-state index >= 15 is 0 Å². The summed E-state index contributed by atoms with van der Waals surface area (Å²) in [5.41, 5.74) is 0. The molecular formula is C15H32. The first-order chi connectivity index (χ1) is 7.02. The van der Waals surface area contributed by atoms with Crippen molar-refractivity contribution in [3.8, 4) is 0 Å². The van der Waals surface area contributed by atoms with Gasteiger partial charge in [0.25, 0.3) is 0 Å². The average molecular weight is 212 g/mol. The monoisotopic (exact) mass is 212 g/mol. The van der Waals surface area contributed by atoms with E-state index in [9.17, 15) is 0 Å². The number of hydrogen-bond acceptors (Lipinski definition) is 0. The molecule has 15 heavy (non-hydrogen) atoms. The van der Waals surface area contributed by atoms with Gasteiger partial charge in [-0.15, -0.1) is 0 Å². The third-order valence-electron chi connectivity index (χ3n) is 3.21. The van der Waals surface area contributed by atoms with Gasteiger partial charge in [-0.3, -0.25) is 0 Å². The van der Waals surface area contributed by atoms with E-state index in [0.717, 1.165) is 17.8 Å². The molecule has 1 atom stereocenters. The summed E-state index contributed by atoms with van der Waals surface area (Å²) < 4.78 is 0. The maximum absolute atomic E-state index is 2.43. The van der Waals surface area contributed by atoms with E-state index in [2.05, 4.69) is 34.6 Å². The van der Waals surface area contributed by atoms with Crippen molar-refractivity contribution in [3.05, 3.63) is 0 Å². The fourth-order valence-electron chi connectivity index (χ4n) is 2.06. The molecule has 0 heteroatoms. The molecule has 0 saturated carbocycles. The Hall–Kier alpha value is 0. The van der Waals surface area contributed by atoms with Crippen molar-refractivity contribution in [2.75, 3.05) is 0 Å². The van der Waals surface area contributed by atoms with Crippen LogP contribution in [0.25, 0.3) is 0 Å². The second-order valence-corrected chi connectivity index (χ2v) is 6.11. The van der Waals surface area contributed by atoms with Crippen LogP contribution >= 0.6 is 0 Å². The minimum absolute atomic E-state index is 0.887. The van der Waals surface area contributed by atoms with Crippen molar-refractivity contribution >= 4 is 0 Å². The summed E-state index contributed by atoms with van der Waals surface area (Å²) in [6.45, 7) is 11.7. The van der Waals surface area contributed by atoms with Gasteiger partial charge in [0.05, 0.1) is 0 Å². The lowest BCUT2D eigenvalue weighted by Crippen LogP contribution is -1.97. The molecule has 0 aliphatic rings. The van der Waals surface area contributed by atoms with Crippen molar-refractivity contribution in [2.24, 2.45) is 17.8 Å². The van der Waals surface area contributed by atoms with E-state index in [0.29, 0.717) is 0 Å². The highest BCUT2D eigenvalue weighted by molar-refractivity contribution is 4.56. The van der Waals surface area contributed by atoms with Gasteiger partial charge in [-0.25, -0.2) is 0 Å². The SMILES string of the molecule is CC(C)CCCC[C@@H](C)CCCC(C)C. The average Bonchev–Trinajstić information content (AvgIpc) is 2.11. The molecule has 0 aromatic heterocycles. The van der Waals surface area contributed by atoms with Crippen molar-refractivity contribution in [1.29, 1.82) is 0 Å². The highest BCUT2D eigenvalue weighted by atomic mass is 14.1. The van der Waals surface area contributed by atoms with Crippen LogP contribution in [0.3, 0.4) is 0 Å². The van der Waals surface area contributed by atoms with Gasteiger partial charge in [0.15, 0.2) is 0 Å². The van der Waals surface area contributed by atoms with Crippen LogP contribution in [0.15, 0.2) is 0 Å². The molecule has 92 valence electrons. The molecule has 0 spiro atoms. The number of hydrogen-bond donors (Lipinski definition) is 0. The van der Waals surface area contributed by atoms with E-state index in [4.69, 9.17) is 0 Å². The quantitative estimate of drug-likeness (QED) is 0.432. The van der Waals surface area contributed by atoms with Crippen molar-refractivity contribution < 1.29 is 0 Å². The van der Waals surface area contributed by atoms with Gasteiger partial charge in [0.1, 0.15) is 0 Å². The summed E-state index contributed by atoms with van der Waals surface area (Å²) in [6.07, 6.45) is 10.0. The Balaban J connectivity index is 3.22. The summed E-state index contributed by atoms with van der Waals surface area (Å²) >= 11 is 0. The molecule has 0 rings (SSSR count). The van der Waals surface area contributed by atoms with Gasteiger partial charge in [0, 0.05) is 0 Å². The largest absolute Gasteiger partial charge is 0.0628 e. The molecule has 0 aromatic rings. The van der Waals surface area contributed by atoms with Gasteiger partial charge in [-0.2, -0.15) is 0 Å². The maximum Gasteiger partial charge on any atom is -0.0443 e. The van der Waals surface area contributed by atoms with Crippen LogP contribution in [0.5, 0.6) is 0 Å². The minimum Gasteiger partial charge on any atom is -0.0628 e. The predicted octanol–water partition coefficient (Wildman–Crippen LogP) is 5.67. The van der Waals surface area contributed by atoms with Crippen LogP contribution in [0, 0.1) is 17.8 Å². The lowest BCUT2D eigenvalue weighted by Gasteiger charge is -2.12. The van der Waals surface area contributed by atoms with E-state index < -0.39 is 0 Å². The molecule has 0 amide bonds. The summed E-state index contributed by atoms with van der Waals surface area (Å²) in [6, 6.07) is 0. The first-order valence-electron chi connectivity index (χ1n) is 7.02. The predicted molar refractivity (Wildman–Crippen MR) is 71.2 cm³/mol. The third-order valence-corrected chi connectivity index (χ3v) is 3.21. The Morgan fingerprint density at radius 2 is 0.933 bits per heavy atom. The van der Waals surface area contributed by atoms with Gasteiger partial charge >= 0.3 is 0 Å². The van der Waals surface area contributed by atoms with Crippen molar-refractivity contribution in [1.82, 2.24) is 0 Å². The van der Waals surface area contributed by atoms with Crippen molar-refractivity contribution in [3.63, 3.8) is 0 Å². The smallest absolute Gasteiger partial charge is 0.0443 e. The third kappa shape index (κ3) is 11.9. The fourth-order valence-corrected chi connectivity index (χ4v) is 2.06. The fraction of sp³-hybridized carbons (Fsp3) is 1.00. The van der Waals surface area contributed by atoms with E-state index in [1.54, 1.807) is 0 Å². The Morgan fingerprint density at radius 1 is 0.533 bits per heavy atom. The topological polar surface area (TPSA) is 0 Å². The maximum atomic E-state index is 2.43. The second kappa shape index (κ2) is 9.24. The summed E-state index contributed by atoms with van der Waals surface area (Å²) in [7, 11) is 0. The molecular weight excluding hydrogens is 180 g/mol. The molecule has 0 fully saturated rings. The van der Waals surface area contributed by atoms with Crippen LogP contribution in [-0.4, -0.2) is 0 Å². The number of rotatable bonds is 9. The molecule has 0 radical (unpaired) electrons. The normalized spacial score (nSPS) is 13.8. The van der Waals surface area contributed by atoms with E-state index in [-0.39, 0.29) is 0 Å². The highest BCUT2D eigenvalue weighted by Crippen LogP contribution is 2.18. The molecule has 0 N–H and O–H groups in total. The summed E-state index contributed by atoms with van der Waals surface area (Å²) in [5.74, 6) is 2.73. The van der Waals surface area contributed by atoms with Gasteiger partial charge in [0.2, 0.25) is 0 Å². The van der Waals surface area contributed by atoms with Gasteiger partial charge in [-0.1, -0.05) is 79.6 Å². The Morgan fingerprint density at radius 3 is 1.47 bits per heavy atom. The Bertz CT molecular complexity index is 124. The Labute approximate surface area is 97.8 Å². The van der Waals surface area contributed by atoms with E-state index in [1.165, 1.54) is 44.9 Å². The minimum atomic E-state index is 0.887. The molecule has 0 unspecified atom stereocenters. The second-order valence-electron chi connectivity index (χ2n) is 6.11. The zero-order chi connectivity index (χ0) is 11.7. The lowest BCUT2D eigenvalue weighted by atomic mass is 9.94. The van der Waals surface area contributed by atoms with Crippen LogP contribution in [0.2, 0.25) is 0 Å². The van der Waals surface area contributed by atoms with Crippen molar-refractivity contribution in [2.45, 2.75) is 79.6 Å². The van der Waals surface area contributed by atoms with Crippen LogP contribution in [-0.2, 0) is 0 Å². The molecule has 0 saturated heterocycles. The zero-order valence-electron chi connectivity index (χ0n) is 11.7.